The Kier molecular flexibility index (Phi) is 6.22. The summed E-state index contributed by atoms with van der Waals surface area (Å²) in [4.78, 5) is 0. The van der Waals surface area contributed by atoms with Crippen LogP contribution in [0.1, 0.15) is 11.1 Å². The molecule has 0 aliphatic heterocycles. The summed E-state index contributed by atoms with van der Waals surface area (Å²) in [5, 5.41) is 24.5. The van der Waals surface area contributed by atoms with Gasteiger partial charge in [-0.25, -0.2) is 0 Å². The quantitative estimate of drug-likeness (QED) is 0.199. The third kappa shape index (κ3) is 4.14. The van der Waals surface area contributed by atoms with E-state index in [2.05, 4.69) is 143 Å². The molecule has 2 aromatic heterocycles. The van der Waals surface area contributed by atoms with Crippen LogP contribution in [-0.4, -0.2) is 9.13 Å². The first-order valence-corrected chi connectivity index (χ1v) is 15.9. The van der Waals surface area contributed by atoms with Gasteiger partial charge in [0.1, 0.15) is 6.07 Å². The minimum absolute atomic E-state index is 0.620. The third-order valence-electron chi connectivity index (χ3n) is 9.40. The standard InChI is InChI=1S/C44H26N4/c45-27-29-19-24-43(48-41-17-5-1-12-35(41)36-13-2-6-18-42(36)48)39(25-29)31-22-20-30(21-23-31)32-9-7-11-34(26-32)47-40-16-4-3-14-37(40)38-15-8-10-33(28-46)44(38)47/h1-26H. The van der Waals surface area contributed by atoms with Crippen LogP contribution in [0.2, 0.25) is 0 Å². The normalized spacial score (nSPS) is 11.3. The second-order valence-corrected chi connectivity index (χ2v) is 12.0. The Bertz CT molecular complexity index is 2750. The van der Waals surface area contributed by atoms with Crippen molar-refractivity contribution in [2.24, 2.45) is 0 Å². The number of hydrogen-bond donors (Lipinski definition) is 0. The summed E-state index contributed by atoms with van der Waals surface area (Å²) < 4.78 is 4.51. The number of hydrogen-bond acceptors (Lipinski definition) is 2. The summed E-state index contributed by atoms with van der Waals surface area (Å²) in [5.41, 5.74) is 11.7. The van der Waals surface area contributed by atoms with Crippen LogP contribution in [0.25, 0.3) is 77.2 Å². The van der Waals surface area contributed by atoms with Crippen molar-refractivity contribution in [2.75, 3.05) is 0 Å². The van der Waals surface area contributed by atoms with Crippen LogP contribution in [0.4, 0.5) is 0 Å². The van der Waals surface area contributed by atoms with Crippen LogP contribution >= 0.6 is 0 Å². The Labute approximate surface area is 277 Å². The van der Waals surface area contributed by atoms with Crippen molar-refractivity contribution in [2.45, 2.75) is 0 Å². The van der Waals surface area contributed by atoms with E-state index in [4.69, 9.17) is 0 Å². The second-order valence-electron chi connectivity index (χ2n) is 12.0. The summed E-state index contributed by atoms with van der Waals surface area (Å²) in [5.74, 6) is 0. The van der Waals surface area contributed by atoms with E-state index in [1.165, 1.54) is 10.8 Å². The number of aromatic nitrogens is 2. The Hall–Kier alpha value is -6.88. The van der Waals surface area contributed by atoms with Crippen LogP contribution in [0.3, 0.4) is 0 Å². The molecular weight excluding hydrogens is 585 g/mol. The molecule has 7 aromatic carbocycles. The maximum atomic E-state index is 10.0. The van der Waals surface area contributed by atoms with Crippen LogP contribution in [0.5, 0.6) is 0 Å². The molecule has 4 heteroatoms. The fourth-order valence-electron chi connectivity index (χ4n) is 7.26. The lowest BCUT2D eigenvalue weighted by Gasteiger charge is -2.15. The molecule has 0 N–H and O–H groups in total. The van der Waals surface area contributed by atoms with Crippen molar-refractivity contribution in [3.05, 3.63) is 169 Å². The molecule has 2 heterocycles. The predicted octanol–water partition coefficient (Wildman–Crippen LogP) is 11.0. The van der Waals surface area contributed by atoms with Gasteiger partial charge in [-0.3, -0.25) is 0 Å². The van der Waals surface area contributed by atoms with Gasteiger partial charge in [0, 0.05) is 32.8 Å². The molecule has 0 saturated heterocycles. The van der Waals surface area contributed by atoms with E-state index in [0.29, 0.717) is 11.1 Å². The third-order valence-corrected chi connectivity index (χ3v) is 9.40. The second kappa shape index (κ2) is 10.9. The van der Waals surface area contributed by atoms with Crippen molar-refractivity contribution in [3.63, 3.8) is 0 Å². The Morgan fingerprint density at radius 2 is 1.00 bits per heavy atom. The number of fused-ring (bicyclic) bond motifs is 6. The van der Waals surface area contributed by atoms with E-state index >= 15 is 0 Å². The Balaban J connectivity index is 1.18. The fraction of sp³-hybridized carbons (Fsp3) is 0. The largest absolute Gasteiger partial charge is 0.309 e. The highest BCUT2D eigenvalue weighted by Crippen LogP contribution is 2.38. The number of rotatable bonds is 4. The maximum absolute atomic E-state index is 10.0. The van der Waals surface area contributed by atoms with Gasteiger partial charge in [-0.1, -0.05) is 103 Å². The fourth-order valence-corrected chi connectivity index (χ4v) is 7.26. The van der Waals surface area contributed by atoms with Crippen molar-refractivity contribution < 1.29 is 0 Å². The van der Waals surface area contributed by atoms with Crippen molar-refractivity contribution in [1.82, 2.24) is 9.13 Å². The van der Waals surface area contributed by atoms with E-state index in [-0.39, 0.29) is 0 Å². The zero-order chi connectivity index (χ0) is 32.2. The number of nitrogens with zero attached hydrogens (tertiary/aromatic N) is 4. The molecule has 9 aromatic rings. The maximum Gasteiger partial charge on any atom is 0.101 e. The van der Waals surface area contributed by atoms with E-state index < -0.39 is 0 Å². The molecular formula is C44H26N4. The van der Waals surface area contributed by atoms with Crippen molar-refractivity contribution >= 4 is 43.6 Å². The Morgan fingerprint density at radius 1 is 0.417 bits per heavy atom. The lowest BCUT2D eigenvalue weighted by atomic mass is 9.97. The summed E-state index contributed by atoms with van der Waals surface area (Å²) in [6, 6.07) is 59.0. The van der Waals surface area contributed by atoms with Gasteiger partial charge in [0.25, 0.3) is 0 Å². The zero-order valence-electron chi connectivity index (χ0n) is 25.8. The molecule has 0 atom stereocenters. The SMILES string of the molecule is N#Cc1ccc(-n2c3ccccc3c3ccccc32)c(-c2ccc(-c3cccc(-n4c5ccccc5c5cccc(C#N)c54)c3)cc2)c1. The van der Waals surface area contributed by atoms with Crippen LogP contribution in [0.15, 0.2) is 158 Å². The average molecular weight is 611 g/mol. The molecule has 222 valence electrons. The van der Waals surface area contributed by atoms with Gasteiger partial charge in [0.15, 0.2) is 0 Å². The summed E-state index contributed by atoms with van der Waals surface area (Å²) in [6.07, 6.45) is 0. The van der Waals surface area contributed by atoms with E-state index in [1.807, 2.05) is 36.4 Å². The van der Waals surface area contributed by atoms with Gasteiger partial charge in [-0.2, -0.15) is 10.5 Å². The minimum atomic E-state index is 0.620. The van der Waals surface area contributed by atoms with Gasteiger partial charge >= 0.3 is 0 Å². The van der Waals surface area contributed by atoms with Crippen LogP contribution in [0, 0.1) is 22.7 Å². The van der Waals surface area contributed by atoms with Crippen molar-refractivity contribution in [1.29, 1.82) is 10.5 Å². The van der Waals surface area contributed by atoms with Gasteiger partial charge in [0.2, 0.25) is 0 Å². The first kappa shape index (κ1) is 27.4. The van der Waals surface area contributed by atoms with Gasteiger partial charge < -0.3 is 9.13 Å². The molecule has 0 aliphatic rings. The zero-order valence-corrected chi connectivity index (χ0v) is 25.8. The average Bonchev–Trinajstić information content (AvgIpc) is 3.68. The van der Waals surface area contributed by atoms with Crippen LogP contribution < -0.4 is 0 Å². The molecule has 9 rings (SSSR count). The molecule has 0 bridgehead atoms. The first-order valence-electron chi connectivity index (χ1n) is 15.9. The Morgan fingerprint density at radius 3 is 1.67 bits per heavy atom. The smallest absolute Gasteiger partial charge is 0.101 e. The van der Waals surface area contributed by atoms with E-state index in [0.717, 1.165) is 66.5 Å². The number of benzene rings is 7. The highest BCUT2D eigenvalue weighted by atomic mass is 15.0. The predicted molar refractivity (Wildman–Crippen MR) is 195 cm³/mol. The van der Waals surface area contributed by atoms with E-state index in [1.54, 1.807) is 0 Å². The van der Waals surface area contributed by atoms with Gasteiger partial charge in [-0.15, -0.1) is 0 Å². The number of para-hydroxylation sites is 4. The molecule has 48 heavy (non-hydrogen) atoms. The van der Waals surface area contributed by atoms with Crippen molar-refractivity contribution in [3.8, 4) is 45.8 Å². The topological polar surface area (TPSA) is 57.4 Å². The van der Waals surface area contributed by atoms with Gasteiger partial charge in [0.05, 0.1) is 45.0 Å². The summed E-state index contributed by atoms with van der Waals surface area (Å²) in [6.45, 7) is 0. The van der Waals surface area contributed by atoms with Gasteiger partial charge in [-0.05, 0) is 71.3 Å². The highest BCUT2D eigenvalue weighted by Gasteiger charge is 2.18. The monoisotopic (exact) mass is 610 g/mol. The minimum Gasteiger partial charge on any atom is -0.309 e. The van der Waals surface area contributed by atoms with Crippen LogP contribution in [-0.2, 0) is 0 Å². The molecule has 0 radical (unpaired) electrons. The first-order chi connectivity index (χ1) is 23.7. The van der Waals surface area contributed by atoms with E-state index in [9.17, 15) is 10.5 Å². The summed E-state index contributed by atoms with van der Waals surface area (Å²) >= 11 is 0. The molecule has 0 spiro atoms. The number of nitriles is 2. The molecule has 0 fully saturated rings. The lowest BCUT2D eigenvalue weighted by molar-refractivity contribution is 1.18. The molecule has 0 aliphatic carbocycles. The summed E-state index contributed by atoms with van der Waals surface area (Å²) in [7, 11) is 0. The molecule has 4 nitrogen and oxygen atoms in total. The molecule has 0 unspecified atom stereocenters. The lowest BCUT2D eigenvalue weighted by Crippen LogP contribution is -1.98. The molecule has 0 saturated carbocycles. The highest BCUT2D eigenvalue weighted by molar-refractivity contribution is 6.11. The molecule has 0 amide bonds.